The van der Waals surface area contributed by atoms with Crippen LogP contribution in [0.5, 0.6) is 17.2 Å². The van der Waals surface area contributed by atoms with Crippen molar-refractivity contribution >= 4 is 28.4 Å². The first-order valence-electron chi connectivity index (χ1n) is 8.72. The van der Waals surface area contributed by atoms with Crippen molar-refractivity contribution in [2.24, 2.45) is 0 Å². The molecule has 0 bridgehead atoms. The van der Waals surface area contributed by atoms with Crippen LogP contribution < -0.4 is 24.8 Å². The molecule has 0 aromatic heterocycles. The molecule has 0 aliphatic carbocycles. The van der Waals surface area contributed by atoms with E-state index in [1.807, 2.05) is 30.3 Å². The average molecular weight is 395 g/mol. The molecule has 0 aliphatic rings. The van der Waals surface area contributed by atoms with E-state index in [0.29, 0.717) is 34.3 Å². The lowest BCUT2D eigenvalue weighted by atomic mass is 10.2. The second-order valence-corrected chi connectivity index (χ2v) is 6.03. The maximum absolute atomic E-state index is 11.5. The number of anilines is 4. The van der Waals surface area contributed by atoms with Gasteiger partial charge < -0.3 is 24.8 Å². The number of rotatable bonds is 8. The standard InChI is InChI=1S/C21H21N3O5/c1-27-15-6-4-5-14(11-15)22-18-9-7-16(28-2)12-20(18)23-19-10-8-17(29-3)13-21(19)24(25)26/h4-13,22-23H,1-3H3. The molecule has 29 heavy (non-hydrogen) atoms. The molecular weight excluding hydrogens is 374 g/mol. The molecule has 0 aliphatic heterocycles. The largest absolute Gasteiger partial charge is 0.497 e. The Bertz CT molecular complexity index is 1020. The molecule has 0 saturated heterocycles. The minimum Gasteiger partial charge on any atom is -0.497 e. The fourth-order valence-corrected chi connectivity index (χ4v) is 2.76. The van der Waals surface area contributed by atoms with Gasteiger partial charge in [-0.05, 0) is 36.4 Å². The van der Waals surface area contributed by atoms with Crippen molar-refractivity contribution in [1.29, 1.82) is 0 Å². The lowest BCUT2D eigenvalue weighted by molar-refractivity contribution is -0.384. The van der Waals surface area contributed by atoms with Crippen LogP contribution >= 0.6 is 0 Å². The number of nitro benzene ring substituents is 1. The van der Waals surface area contributed by atoms with Gasteiger partial charge in [-0.15, -0.1) is 0 Å². The topological polar surface area (TPSA) is 94.9 Å². The molecule has 0 unspecified atom stereocenters. The maximum atomic E-state index is 11.5. The summed E-state index contributed by atoms with van der Waals surface area (Å²) in [6, 6.07) is 17.5. The summed E-state index contributed by atoms with van der Waals surface area (Å²) < 4.78 is 15.7. The van der Waals surface area contributed by atoms with Gasteiger partial charge >= 0.3 is 0 Å². The Labute approximate surface area is 168 Å². The minimum atomic E-state index is -0.458. The third-order valence-electron chi connectivity index (χ3n) is 4.25. The van der Waals surface area contributed by atoms with Crippen LogP contribution in [-0.2, 0) is 0 Å². The molecule has 0 heterocycles. The van der Waals surface area contributed by atoms with Gasteiger partial charge in [0.2, 0.25) is 0 Å². The summed E-state index contributed by atoms with van der Waals surface area (Å²) >= 11 is 0. The van der Waals surface area contributed by atoms with Crippen LogP contribution in [-0.4, -0.2) is 26.3 Å². The zero-order valence-corrected chi connectivity index (χ0v) is 16.3. The summed E-state index contributed by atoms with van der Waals surface area (Å²) in [6.07, 6.45) is 0. The summed E-state index contributed by atoms with van der Waals surface area (Å²) in [5.74, 6) is 1.73. The third-order valence-corrected chi connectivity index (χ3v) is 4.25. The van der Waals surface area contributed by atoms with Crippen LogP contribution in [0.2, 0.25) is 0 Å². The Morgan fingerprint density at radius 1 is 0.724 bits per heavy atom. The van der Waals surface area contributed by atoms with E-state index in [0.717, 1.165) is 5.69 Å². The van der Waals surface area contributed by atoms with Crippen molar-refractivity contribution < 1.29 is 19.1 Å². The van der Waals surface area contributed by atoms with Crippen LogP contribution in [0.15, 0.2) is 60.7 Å². The normalized spacial score (nSPS) is 10.2. The number of hydrogen-bond acceptors (Lipinski definition) is 7. The van der Waals surface area contributed by atoms with Crippen LogP contribution in [0.1, 0.15) is 0 Å². The predicted molar refractivity (Wildman–Crippen MR) is 112 cm³/mol. The van der Waals surface area contributed by atoms with Crippen molar-refractivity contribution in [2.45, 2.75) is 0 Å². The van der Waals surface area contributed by atoms with E-state index in [4.69, 9.17) is 14.2 Å². The van der Waals surface area contributed by atoms with Gasteiger partial charge in [0.1, 0.15) is 22.9 Å². The predicted octanol–water partition coefficient (Wildman–Crippen LogP) is 5.11. The van der Waals surface area contributed by atoms with Gasteiger partial charge in [-0.1, -0.05) is 6.07 Å². The summed E-state index contributed by atoms with van der Waals surface area (Å²) in [6.45, 7) is 0. The molecule has 3 aromatic rings. The zero-order chi connectivity index (χ0) is 20.8. The van der Waals surface area contributed by atoms with Crippen molar-refractivity contribution in [3.05, 3.63) is 70.8 Å². The van der Waals surface area contributed by atoms with Gasteiger partial charge in [-0.3, -0.25) is 10.1 Å². The second kappa shape index (κ2) is 8.83. The highest BCUT2D eigenvalue weighted by Crippen LogP contribution is 2.36. The Hall–Kier alpha value is -3.94. The van der Waals surface area contributed by atoms with Crippen molar-refractivity contribution in [3.63, 3.8) is 0 Å². The highest BCUT2D eigenvalue weighted by atomic mass is 16.6. The van der Waals surface area contributed by atoms with Gasteiger partial charge in [0, 0.05) is 17.8 Å². The number of nitrogens with zero attached hydrogens (tertiary/aromatic N) is 1. The fraction of sp³-hybridized carbons (Fsp3) is 0.143. The first kappa shape index (κ1) is 19.8. The summed E-state index contributed by atoms with van der Waals surface area (Å²) in [5.41, 5.74) is 2.36. The van der Waals surface area contributed by atoms with E-state index in [1.165, 1.54) is 13.2 Å². The van der Waals surface area contributed by atoms with Crippen LogP contribution in [0, 0.1) is 10.1 Å². The number of ether oxygens (including phenoxy) is 3. The number of benzene rings is 3. The molecule has 8 heteroatoms. The first-order valence-corrected chi connectivity index (χ1v) is 8.72. The van der Waals surface area contributed by atoms with E-state index in [2.05, 4.69) is 10.6 Å². The summed E-state index contributed by atoms with van der Waals surface area (Å²) in [7, 11) is 4.62. The fourth-order valence-electron chi connectivity index (χ4n) is 2.76. The highest BCUT2D eigenvalue weighted by molar-refractivity contribution is 5.82. The van der Waals surface area contributed by atoms with Gasteiger partial charge in [-0.25, -0.2) is 0 Å². The number of hydrogen-bond donors (Lipinski definition) is 2. The molecule has 0 fully saturated rings. The first-order chi connectivity index (χ1) is 14.0. The van der Waals surface area contributed by atoms with Crippen molar-refractivity contribution in [3.8, 4) is 17.2 Å². The van der Waals surface area contributed by atoms with Gasteiger partial charge in [0.25, 0.3) is 5.69 Å². The molecule has 3 rings (SSSR count). The molecule has 150 valence electrons. The number of nitrogens with one attached hydrogen (secondary N) is 2. The van der Waals surface area contributed by atoms with E-state index >= 15 is 0 Å². The Kier molecular flexibility index (Phi) is 6.03. The van der Waals surface area contributed by atoms with E-state index < -0.39 is 4.92 Å². The Morgan fingerprint density at radius 3 is 2.00 bits per heavy atom. The number of nitro groups is 1. The molecule has 3 aromatic carbocycles. The molecule has 0 radical (unpaired) electrons. The van der Waals surface area contributed by atoms with Crippen LogP contribution in [0.25, 0.3) is 0 Å². The van der Waals surface area contributed by atoms with Crippen molar-refractivity contribution in [2.75, 3.05) is 32.0 Å². The molecule has 0 atom stereocenters. The molecule has 0 spiro atoms. The second-order valence-electron chi connectivity index (χ2n) is 6.03. The maximum Gasteiger partial charge on any atom is 0.296 e. The van der Waals surface area contributed by atoms with Gasteiger partial charge in [-0.2, -0.15) is 0 Å². The highest BCUT2D eigenvalue weighted by Gasteiger charge is 2.17. The molecule has 2 N–H and O–H groups in total. The minimum absolute atomic E-state index is 0.0977. The van der Waals surface area contributed by atoms with Crippen molar-refractivity contribution in [1.82, 2.24) is 0 Å². The van der Waals surface area contributed by atoms with Gasteiger partial charge in [0.05, 0.1) is 43.7 Å². The molecule has 8 nitrogen and oxygen atoms in total. The average Bonchev–Trinajstić information content (AvgIpc) is 2.75. The number of methoxy groups -OCH3 is 3. The molecular formula is C21H21N3O5. The Morgan fingerprint density at radius 2 is 1.34 bits per heavy atom. The molecule has 0 saturated carbocycles. The summed E-state index contributed by atoms with van der Waals surface area (Å²) in [4.78, 5) is 11.0. The lowest BCUT2D eigenvalue weighted by Gasteiger charge is -2.16. The quantitative estimate of drug-likeness (QED) is 0.404. The smallest absolute Gasteiger partial charge is 0.296 e. The van der Waals surface area contributed by atoms with Crippen LogP contribution in [0.4, 0.5) is 28.4 Å². The van der Waals surface area contributed by atoms with E-state index in [1.54, 1.807) is 38.5 Å². The van der Waals surface area contributed by atoms with Gasteiger partial charge in [0.15, 0.2) is 0 Å². The monoisotopic (exact) mass is 395 g/mol. The SMILES string of the molecule is COc1cccc(Nc2ccc(OC)cc2Nc2ccc(OC)cc2[N+](=O)[O-])c1. The third kappa shape index (κ3) is 4.67. The lowest BCUT2D eigenvalue weighted by Crippen LogP contribution is -2.01. The van der Waals surface area contributed by atoms with Crippen LogP contribution in [0.3, 0.4) is 0 Å². The molecule has 0 amide bonds. The Balaban J connectivity index is 1.99. The zero-order valence-electron chi connectivity index (χ0n) is 16.3. The van der Waals surface area contributed by atoms with E-state index in [9.17, 15) is 10.1 Å². The van der Waals surface area contributed by atoms with E-state index in [-0.39, 0.29) is 5.69 Å². The summed E-state index contributed by atoms with van der Waals surface area (Å²) in [5, 5.41) is 17.9.